The quantitative estimate of drug-likeness (QED) is 0.592. The minimum Gasteiger partial charge on any atom is -0.371 e. The van der Waals surface area contributed by atoms with Gasteiger partial charge in [-0.2, -0.15) is 4.68 Å². The van der Waals surface area contributed by atoms with Crippen LogP contribution in [0.15, 0.2) is 36.5 Å². The zero-order valence-electron chi connectivity index (χ0n) is 14.2. The van der Waals surface area contributed by atoms with Gasteiger partial charge in [0.2, 0.25) is 5.91 Å². The van der Waals surface area contributed by atoms with E-state index in [1.807, 2.05) is 18.2 Å². The van der Waals surface area contributed by atoms with Crippen LogP contribution in [0.2, 0.25) is 0 Å². The lowest BCUT2D eigenvalue weighted by Crippen LogP contribution is -2.31. The molecule has 0 saturated carbocycles. The molecule has 0 spiro atoms. The van der Waals surface area contributed by atoms with Crippen molar-refractivity contribution in [3.63, 3.8) is 0 Å². The van der Waals surface area contributed by atoms with Crippen LogP contribution < -0.4 is 4.90 Å². The number of aromatic nitrogens is 2. The summed E-state index contributed by atoms with van der Waals surface area (Å²) in [6.45, 7) is 2.57. The van der Waals surface area contributed by atoms with E-state index in [2.05, 4.69) is 16.1 Å². The molecule has 132 valence electrons. The predicted molar refractivity (Wildman–Crippen MR) is 93.2 cm³/mol. The first-order valence-electron chi connectivity index (χ1n) is 8.29. The fourth-order valence-electron chi connectivity index (χ4n) is 3.05. The van der Waals surface area contributed by atoms with Gasteiger partial charge in [-0.05, 0) is 29.4 Å². The number of rotatable bonds is 6. The van der Waals surface area contributed by atoms with Gasteiger partial charge in [-0.15, -0.1) is 0 Å². The molecule has 0 radical (unpaired) electrons. The SMILES string of the molecule is CN(Cc1ccccc1N1CCCC1)C(=O)Cn1ccc([N+](=O)[O-])n1. The van der Waals surface area contributed by atoms with Crippen LogP contribution in [0.4, 0.5) is 11.5 Å². The number of hydrogen-bond acceptors (Lipinski definition) is 5. The number of carbonyl (C=O) groups excluding carboxylic acids is 1. The molecule has 1 aromatic heterocycles. The molecular weight excluding hydrogens is 322 g/mol. The average Bonchev–Trinajstić information content (AvgIpc) is 3.27. The van der Waals surface area contributed by atoms with Crippen molar-refractivity contribution >= 4 is 17.4 Å². The predicted octanol–water partition coefficient (Wildman–Crippen LogP) is 2.05. The largest absolute Gasteiger partial charge is 0.389 e. The Balaban J connectivity index is 1.66. The highest BCUT2D eigenvalue weighted by atomic mass is 16.6. The summed E-state index contributed by atoms with van der Waals surface area (Å²) in [5, 5.41) is 14.4. The van der Waals surface area contributed by atoms with Crippen molar-refractivity contribution in [1.29, 1.82) is 0 Å². The van der Waals surface area contributed by atoms with Crippen molar-refractivity contribution < 1.29 is 9.72 Å². The molecule has 1 saturated heterocycles. The standard InChI is InChI=1S/C17H21N5O3/c1-19(17(23)13-21-11-8-16(18-21)22(24)25)12-14-6-2-3-7-15(14)20-9-4-5-10-20/h2-3,6-8,11H,4-5,9-10,12-13H2,1H3. The van der Waals surface area contributed by atoms with Gasteiger partial charge in [-0.3, -0.25) is 4.79 Å². The Hall–Kier alpha value is -2.90. The molecule has 1 aliphatic rings. The normalized spacial score (nSPS) is 13.9. The Kier molecular flexibility index (Phi) is 4.97. The van der Waals surface area contributed by atoms with E-state index in [1.54, 1.807) is 11.9 Å². The molecule has 0 unspecified atom stereocenters. The lowest BCUT2D eigenvalue weighted by atomic mass is 10.1. The van der Waals surface area contributed by atoms with Crippen molar-refractivity contribution in [2.45, 2.75) is 25.9 Å². The van der Waals surface area contributed by atoms with Gasteiger partial charge in [0.25, 0.3) is 0 Å². The van der Waals surface area contributed by atoms with Crippen LogP contribution in [0.5, 0.6) is 0 Å². The number of nitro groups is 1. The smallest absolute Gasteiger partial charge is 0.371 e. The summed E-state index contributed by atoms with van der Waals surface area (Å²) in [5.74, 6) is -0.399. The van der Waals surface area contributed by atoms with Crippen LogP contribution in [0.3, 0.4) is 0 Å². The zero-order valence-corrected chi connectivity index (χ0v) is 14.2. The van der Waals surface area contributed by atoms with Gasteiger partial charge in [0.15, 0.2) is 0 Å². The van der Waals surface area contributed by atoms with Crippen molar-refractivity contribution in [2.75, 3.05) is 25.0 Å². The van der Waals surface area contributed by atoms with E-state index in [0.29, 0.717) is 6.54 Å². The van der Waals surface area contributed by atoms with E-state index in [9.17, 15) is 14.9 Å². The molecule has 2 aromatic rings. The second-order valence-corrected chi connectivity index (χ2v) is 6.20. The van der Waals surface area contributed by atoms with Crippen LogP contribution >= 0.6 is 0 Å². The maximum Gasteiger partial charge on any atom is 0.389 e. The third kappa shape index (κ3) is 3.96. The van der Waals surface area contributed by atoms with Gasteiger partial charge >= 0.3 is 5.82 Å². The first kappa shape index (κ1) is 16.9. The molecule has 0 aliphatic carbocycles. The van der Waals surface area contributed by atoms with Gasteiger partial charge in [-0.25, -0.2) is 0 Å². The maximum absolute atomic E-state index is 12.4. The number of hydrogen-bond donors (Lipinski definition) is 0. The molecule has 0 atom stereocenters. The Labute approximate surface area is 145 Å². The average molecular weight is 343 g/mol. The molecule has 1 fully saturated rings. The molecule has 1 aliphatic heterocycles. The zero-order chi connectivity index (χ0) is 17.8. The fraction of sp³-hybridized carbons (Fsp3) is 0.412. The first-order valence-corrected chi connectivity index (χ1v) is 8.29. The van der Waals surface area contributed by atoms with E-state index >= 15 is 0 Å². The third-order valence-corrected chi connectivity index (χ3v) is 4.38. The third-order valence-electron chi connectivity index (χ3n) is 4.38. The number of para-hydroxylation sites is 1. The van der Waals surface area contributed by atoms with Crippen LogP contribution in [0.25, 0.3) is 0 Å². The lowest BCUT2D eigenvalue weighted by molar-refractivity contribution is -0.389. The second-order valence-electron chi connectivity index (χ2n) is 6.20. The molecule has 0 bridgehead atoms. The first-order chi connectivity index (χ1) is 12.0. The van der Waals surface area contributed by atoms with Crippen LogP contribution in [-0.2, 0) is 17.9 Å². The number of carbonyl (C=O) groups is 1. The Morgan fingerprint density at radius 1 is 1.28 bits per heavy atom. The molecular formula is C17H21N5O3. The second kappa shape index (κ2) is 7.33. The van der Waals surface area contributed by atoms with E-state index in [-0.39, 0.29) is 18.3 Å². The topological polar surface area (TPSA) is 84.5 Å². The van der Waals surface area contributed by atoms with Crippen LogP contribution in [-0.4, -0.2) is 45.6 Å². The highest BCUT2D eigenvalue weighted by Gasteiger charge is 2.19. The van der Waals surface area contributed by atoms with Crippen molar-refractivity contribution in [3.05, 3.63) is 52.2 Å². The van der Waals surface area contributed by atoms with Crippen molar-refractivity contribution in [3.8, 4) is 0 Å². The van der Waals surface area contributed by atoms with Crippen molar-refractivity contribution in [2.24, 2.45) is 0 Å². The Morgan fingerprint density at radius 2 is 2.00 bits per heavy atom. The monoisotopic (exact) mass is 343 g/mol. The van der Waals surface area contributed by atoms with Gasteiger partial charge in [-0.1, -0.05) is 18.2 Å². The molecule has 0 N–H and O–H groups in total. The van der Waals surface area contributed by atoms with E-state index in [1.165, 1.54) is 35.5 Å². The summed E-state index contributed by atoms with van der Waals surface area (Å²) in [5.41, 5.74) is 2.28. The fourth-order valence-corrected chi connectivity index (χ4v) is 3.05. The molecule has 8 heteroatoms. The molecule has 8 nitrogen and oxygen atoms in total. The molecule has 1 amide bonds. The van der Waals surface area contributed by atoms with Crippen molar-refractivity contribution in [1.82, 2.24) is 14.7 Å². The van der Waals surface area contributed by atoms with Gasteiger partial charge in [0.05, 0.1) is 17.4 Å². The van der Waals surface area contributed by atoms with Gasteiger partial charge < -0.3 is 19.9 Å². The van der Waals surface area contributed by atoms with E-state index in [4.69, 9.17) is 0 Å². The summed E-state index contributed by atoms with van der Waals surface area (Å²) in [7, 11) is 1.74. The number of likely N-dealkylation sites (N-methyl/N-ethyl adjacent to an activating group) is 1. The highest BCUT2D eigenvalue weighted by molar-refractivity contribution is 5.76. The Bertz CT molecular complexity index is 767. The summed E-state index contributed by atoms with van der Waals surface area (Å²) in [6, 6.07) is 9.41. The Morgan fingerprint density at radius 3 is 2.68 bits per heavy atom. The number of amides is 1. The van der Waals surface area contributed by atoms with E-state index in [0.717, 1.165) is 18.7 Å². The molecule has 1 aromatic carbocycles. The summed E-state index contributed by atoms with van der Waals surface area (Å²) in [4.78, 5) is 26.5. The molecule has 2 heterocycles. The number of benzene rings is 1. The minimum absolute atomic E-state index is 0.0176. The van der Waals surface area contributed by atoms with Gasteiger partial charge in [0, 0.05) is 32.4 Å². The molecule has 3 rings (SSSR count). The summed E-state index contributed by atoms with van der Waals surface area (Å²) in [6.07, 6.45) is 3.84. The minimum atomic E-state index is -0.572. The number of anilines is 1. The van der Waals surface area contributed by atoms with Crippen LogP contribution in [0, 0.1) is 10.1 Å². The van der Waals surface area contributed by atoms with E-state index < -0.39 is 4.92 Å². The summed E-state index contributed by atoms with van der Waals surface area (Å²) < 4.78 is 1.29. The number of nitrogens with zero attached hydrogens (tertiary/aromatic N) is 5. The highest BCUT2D eigenvalue weighted by Crippen LogP contribution is 2.25. The lowest BCUT2D eigenvalue weighted by Gasteiger charge is -2.24. The van der Waals surface area contributed by atoms with Crippen LogP contribution in [0.1, 0.15) is 18.4 Å². The maximum atomic E-state index is 12.4. The van der Waals surface area contributed by atoms with Gasteiger partial charge in [0.1, 0.15) is 6.54 Å². The summed E-state index contributed by atoms with van der Waals surface area (Å²) >= 11 is 0. The molecule has 25 heavy (non-hydrogen) atoms.